The number of carbonyl (C=O) groups is 2. The first-order valence-corrected chi connectivity index (χ1v) is 5.33. The number of amides is 1. The van der Waals surface area contributed by atoms with Gasteiger partial charge in [0.1, 0.15) is 0 Å². The van der Waals surface area contributed by atoms with Crippen LogP contribution in [0.4, 0.5) is 0 Å². The van der Waals surface area contributed by atoms with Gasteiger partial charge in [-0.15, -0.1) is 0 Å². The summed E-state index contributed by atoms with van der Waals surface area (Å²) < 4.78 is 10.4. The maximum atomic E-state index is 11.0. The molecule has 0 spiro atoms. The largest absolute Gasteiger partial charge is 0.493 e. The maximum absolute atomic E-state index is 11.0. The molecule has 1 aromatic rings. The van der Waals surface area contributed by atoms with Crippen LogP contribution >= 0.6 is 0 Å². The van der Waals surface area contributed by atoms with E-state index in [1.54, 1.807) is 0 Å². The Hall–Kier alpha value is -2.24. The summed E-state index contributed by atoms with van der Waals surface area (Å²) in [4.78, 5) is 21.8. The second kappa shape index (κ2) is 6.48. The van der Waals surface area contributed by atoms with Gasteiger partial charge >= 0.3 is 5.97 Å². The number of ether oxygens (including phenoxy) is 2. The van der Waals surface area contributed by atoms with Crippen molar-refractivity contribution >= 4 is 11.9 Å². The molecule has 0 bridgehead atoms. The van der Waals surface area contributed by atoms with Crippen molar-refractivity contribution in [1.29, 1.82) is 0 Å². The van der Waals surface area contributed by atoms with E-state index in [0.717, 1.165) is 0 Å². The third-order valence-corrected chi connectivity index (χ3v) is 2.28. The Labute approximate surface area is 105 Å². The first-order valence-electron chi connectivity index (χ1n) is 5.33. The Bertz CT molecular complexity index is 444. The van der Waals surface area contributed by atoms with E-state index in [2.05, 4.69) is 5.32 Å². The van der Waals surface area contributed by atoms with Crippen LogP contribution in [0.1, 0.15) is 16.8 Å². The third-order valence-electron chi connectivity index (χ3n) is 2.28. The lowest BCUT2D eigenvalue weighted by Crippen LogP contribution is -2.20. The van der Waals surface area contributed by atoms with E-state index in [0.29, 0.717) is 11.5 Å². The number of rotatable bonds is 6. The lowest BCUT2D eigenvalue weighted by Gasteiger charge is -2.10. The Morgan fingerprint density at radius 3 is 2.61 bits per heavy atom. The van der Waals surface area contributed by atoms with E-state index in [-0.39, 0.29) is 24.5 Å². The molecule has 0 radical (unpaired) electrons. The van der Waals surface area contributed by atoms with Crippen LogP contribution in [0, 0.1) is 0 Å². The van der Waals surface area contributed by atoms with Crippen molar-refractivity contribution in [2.75, 3.05) is 20.8 Å². The van der Waals surface area contributed by atoms with E-state index in [9.17, 15) is 9.59 Å². The van der Waals surface area contributed by atoms with Crippen LogP contribution in [0.3, 0.4) is 0 Å². The van der Waals surface area contributed by atoms with E-state index < -0.39 is 5.97 Å². The van der Waals surface area contributed by atoms with Gasteiger partial charge in [-0.05, 0) is 18.2 Å². The average molecular weight is 253 g/mol. The summed E-state index contributed by atoms with van der Waals surface area (Å²) in [6.45, 7) is 0.152. The minimum Gasteiger partial charge on any atom is -0.493 e. The van der Waals surface area contributed by atoms with Crippen LogP contribution in [-0.4, -0.2) is 37.7 Å². The number of nitrogens with one attached hydrogen (secondary N) is 1. The van der Waals surface area contributed by atoms with Crippen LogP contribution in [0.5, 0.6) is 11.5 Å². The smallest absolute Gasteiger partial charge is 0.335 e. The predicted molar refractivity (Wildman–Crippen MR) is 64.1 cm³/mol. The molecule has 1 rings (SSSR count). The van der Waals surface area contributed by atoms with Crippen LogP contribution in [0.15, 0.2) is 18.2 Å². The number of hydrogen-bond donors (Lipinski definition) is 2. The summed E-state index contributed by atoms with van der Waals surface area (Å²) in [6.07, 6.45) is 0.191. The van der Waals surface area contributed by atoms with Crippen molar-refractivity contribution in [2.45, 2.75) is 6.42 Å². The Kier molecular flexibility index (Phi) is 4.98. The predicted octanol–water partition coefficient (Wildman–Crippen LogP) is 0.908. The number of carboxylic acid groups (broad SMARTS) is 1. The van der Waals surface area contributed by atoms with Gasteiger partial charge in [0.15, 0.2) is 11.5 Å². The maximum Gasteiger partial charge on any atom is 0.335 e. The molecule has 98 valence electrons. The minimum atomic E-state index is -1.05. The number of methoxy groups -OCH3 is 1. The zero-order valence-electron chi connectivity index (χ0n) is 10.2. The second-order valence-corrected chi connectivity index (χ2v) is 3.44. The Morgan fingerprint density at radius 1 is 1.33 bits per heavy atom. The minimum absolute atomic E-state index is 0.103. The first kappa shape index (κ1) is 13.8. The highest BCUT2D eigenvalue weighted by Gasteiger charge is 2.10. The number of carboxylic acids is 1. The molecule has 0 aliphatic rings. The highest BCUT2D eigenvalue weighted by atomic mass is 16.5. The van der Waals surface area contributed by atoms with Crippen LogP contribution < -0.4 is 14.8 Å². The highest BCUT2D eigenvalue weighted by Crippen LogP contribution is 2.28. The molecule has 0 aliphatic carbocycles. The number of carbonyl (C=O) groups excluding carboxylic acids is 1. The van der Waals surface area contributed by atoms with Crippen LogP contribution in [-0.2, 0) is 4.79 Å². The quantitative estimate of drug-likeness (QED) is 0.787. The van der Waals surface area contributed by atoms with E-state index in [4.69, 9.17) is 14.6 Å². The normalized spacial score (nSPS) is 9.67. The van der Waals surface area contributed by atoms with Crippen molar-refractivity contribution in [3.63, 3.8) is 0 Å². The molecule has 0 atom stereocenters. The zero-order chi connectivity index (χ0) is 13.5. The fourth-order valence-electron chi connectivity index (χ4n) is 1.30. The van der Waals surface area contributed by atoms with Crippen LogP contribution in [0.2, 0.25) is 0 Å². The van der Waals surface area contributed by atoms with Gasteiger partial charge in [-0.1, -0.05) is 0 Å². The van der Waals surface area contributed by atoms with E-state index >= 15 is 0 Å². The molecule has 0 unspecified atom stereocenters. The van der Waals surface area contributed by atoms with Gasteiger partial charge in [0.05, 0.1) is 25.7 Å². The molecule has 0 saturated heterocycles. The standard InChI is InChI=1S/C12H15NO5/c1-13-11(14)5-6-18-10-7-8(12(15)16)3-4-9(10)17-2/h3-4,7H,5-6H2,1-2H3,(H,13,14)(H,15,16). The van der Waals surface area contributed by atoms with Gasteiger partial charge in [0, 0.05) is 7.05 Å². The molecular weight excluding hydrogens is 238 g/mol. The Balaban J connectivity index is 2.75. The Morgan fingerprint density at radius 2 is 2.06 bits per heavy atom. The summed E-state index contributed by atoms with van der Waals surface area (Å²) in [5, 5.41) is 11.3. The fraction of sp³-hybridized carbons (Fsp3) is 0.333. The average Bonchev–Trinajstić information content (AvgIpc) is 2.38. The molecular formula is C12H15NO5. The molecule has 18 heavy (non-hydrogen) atoms. The van der Waals surface area contributed by atoms with Gasteiger partial charge in [0.25, 0.3) is 0 Å². The molecule has 0 saturated carbocycles. The lowest BCUT2D eigenvalue weighted by molar-refractivity contribution is -0.121. The van der Waals surface area contributed by atoms with Crippen molar-refractivity contribution in [2.24, 2.45) is 0 Å². The lowest BCUT2D eigenvalue weighted by atomic mass is 10.2. The fourth-order valence-corrected chi connectivity index (χ4v) is 1.30. The molecule has 0 heterocycles. The summed E-state index contributed by atoms with van der Waals surface area (Å²) in [5.41, 5.74) is 0.103. The van der Waals surface area contributed by atoms with Gasteiger partial charge in [0.2, 0.25) is 5.91 Å². The van der Waals surface area contributed by atoms with E-state index in [1.165, 1.54) is 32.4 Å². The molecule has 0 aliphatic heterocycles. The first-order chi connectivity index (χ1) is 8.58. The third kappa shape index (κ3) is 3.65. The number of aromatic carboxylic acids is 1. The van der Waals surface area contributed by atoms with Crippen molar-refractivity contribution in [3.8, 4) is 11.5 Å². The van der Waals surface area contributed by atoms with Gasteiger partial charge in [-0.2, -0.15) is 0 Å². The van der Waals surface area contributed by atoms with E-state index in [1.807, 2.05) is 0 Å². The highest BCUT2D eigenvalue weighted by molar-refractivity contribution is 5.88. The molecule has 6 heteroatoms. The van der Waals surface area contributed by atoms with Gasteiger partial charge < -0.3 is 19.9 Å². The number of hydrogen-bond acceptors (Lipinski definition) is 4. The molecule has 0 fully saturated rings. The second-order valence-electron chi connectivity index (χ2n) is 3.44. The van der Waals surface area contributed by atoms with Gasteiger partial charge in [-0.3, -0.25) is 4.79 Å². The molecule has 1 amide bonds. The summed E-state index contributed by atoms with van der Waals surface area (Å²) in [5.74, 6) is -0.463. The molecule has 1 aromatic carbocycles. The SMILES string of the molecule is CNC(=O)CCOc1cc(C(=O)O)ccc1OC. The van der Waals surface area contributed by atoms with Crippen molar-refractivity contribution < 1.29 is 24.2 Å². The zero-order valence-corrected chi connectivity index (χ0v) is 10.2. The topological polar surface area (TPSA) is 84.9 Å². The molecule has 2 N–H and O–H groups in total. The summed E-state index contributed by atoms with van der Waals surface area (Å²) >= 11 is 0. The van der Waals surface area contributed by atoms with Crippen LogP contribution in [0.25, 0.3) is 0 Å². The number of benzene rings is 1. The summed E-state index contributed by atoms with van der Waals surface area (Å²) in [7, 11) is 3.00. The van der Waals surface area contributed by atoms with Crippen molar-refractivity contribution in [3.05, 3.63) is 23.8 Å². The molecule has 0 aromatic heterocycles. The van der Waals surface area contributed by atoms with Crippen molar-refractivity contribution in [1.82, 2.24) is 5.32 Å². The molecule has 6 nitrogen and oxygen atoms in total. The van der Waals surface area contributed by atoms with Gasteiger partial charge in [-0.25, -0.2) is 4.79 Å². The summed E-state index contributed by atoms with van der Waals surface area (Å²) in [6, 6.07) is 4.30. The monoisotopic (exact) mass is 253 g/mol.